The van der Waals surface area contributed by atoms with Crippen LogP contribution in [0.2, 0.25) is 0 Å². The fraction of sp³-hybridized carbons (Fsp3) is 0.579. The summed E-state index contributed by atoms with van der Waals surface area (Å²) in [6, 6.07) is 8.62. The van der Waals surface area contributed by atoms with Gasteiger partial charge in [-0.2, -0.15) is 0 Å². The Morgan fingerprint density at radius 2 is 2.22 bits per heavy atom. The van der Waals surface area contributed by atoms with Crippen LogP contribution in [-0.4, -0.2) is 56.5 Å². The molecular weight excluding hydrogens is 362 g/mol. The molecule has 1 aromatic carbocycles. The van der Waals surface area contributed by atoms with Gasteiger partial charge in [0.15, 0.2) is 0 Å². The van der Waals surface area contributed by atoms with Crippen molar-refractivity contribution in [3.05, 3.63) is 35.4 Å². The number of amides is 1. The molecule has 0 N–H and O–H groups in total. The lowest BCUT2D eigenvalue weighted by Crippen LogP contribution is -2.34. The van der Waals surface area contributed by atoms with Gasteiger partial charge in [0.05, 0.1) is 24.4 Å². The summed E-state index contributed by atoms with van der Waals surface area (Å²) in [4.78, 5) is 14.7. The Bertz CT molecular complexity index is 790. The fourth-order valence-electron chi connectivity index (χ4n) is 3.93. The van der Waals surface area contributed by atoms with Crippen molar-refractivity contribution >= 4 is 17.7 Å². The van der Waals surface area contributed by atoms with Gasteiger partial charge in [0, 0.05) is 13.7 Å². The van der Waals surface area contributed by atoms with E-state index in [0.717, 1.165) is 38.7 Å². The lowest BCUT2D eigenvalue weighted by Gasteiger charge is -2.33. The molecule has 2 unspecified atom stereocenters. The van der Waals surface area contributed by atoms with Gasteiger partial charge in [-0.3, -0.25) is 4.79 Å². The quantitative estimate of drug-likeness (QED) is 0.709. The number of thioether (sulfide) groups is 1. The van der Waals surface area contributed by atoms with Crippen LogP contribution < -0.4 is 0 Å². The largest absolute Gasteiger partial charge is 0.376 e. The number of ether oxygens (including phenoxy) is 1. The molecule has 1 saturated heterocycles. The Morgan fingerprint density at radius 3 is 3.07 bits per heavy atom. The number of aromatic nitrogens is 4. The Morgan fingerprint density at radius 1 is 1.33 bits per heavy atom. The van der Waals surface area contributed by atoms with E-state index in [2.05, 4.69) is 39.8 Å². The Labute approximate surface area is 163 Å². The second kappa shape index (κ2) is 8.39. The molecule has 1 amide bonds. The molecule has 144 valence electrons. The van der Waals surface area contributed by atoms with Crippen molar-refractivity contribution in [3.8, 4) is 0 Å². The third kappa shape index (κ3) is 4.16. The molecule has 1 aliphatic heterocycles. The molecular formula is C19H25N5O2S. The number of tetrazole rings is 1. The van der Waals surface area contributed by atoms with E-state index in [1.807, 2.05) is 11.9 Å². The van der Waals surface area contributed by atoms with E-state index in [-0.39, 0.29) is 18.1 Å². The molecule has 7 nitrogen and oxygen atoms in total. The zero-order valence-corrected chi connectivity index (χ0v) is 16.4. The predicted molar refractivity (Wildman–Crippen MR) is 102 cm³/mol. The van der Waals surface area contributed by atoms with Crippen LogP contribution in [0.25, 0.3) is 0 Å². The van der Waals surface area contributed by atoms with Crippen LogP contribution in [-0.2, 0) is 22.5 Å². The highest BCUT2D eigenvalue weighted by atomic mass is 32.2. The van der Waals surface area contributed by atoms with Crippen molar-refractivity contribution < 1.29 is 9.53 Å². The summed E-state index contributed by atoms with van der Waals surface area (Å²) < 4.78 is 7.41. The summed E-state index contributed by atoms with van der Waals surface area (Å²) in [7, 11) is 1.91. The number of rotatable bonds is 6. The minimum atomic E-state index is 0.105. The second-order valence-corrected chi connectivity index (χ2v) is 8.12. The lowest BCUT2D eigenvalue weighted by molar-refractivity contribution is -0.129. The highest BCUT2D eigenvalue weighted by Crippen LogP contribution is 2.33. The number of hydrogen-bond acceptors (Lipinski definition) is 6. The van der Waals surface area contributed by atoms with E-state index in [0.29, 0.717) is 17.5 Å². The first-order valence-corrected chi connectivity index (χ1v) is 10.5. The molecule has 27 heavy (non-hydrogen) atoms. The molecule has 2 heterocycles. The normalized spacial score (nSPS) is 21.8. The molecule has 0 spiro atoms. The van der Waals surface area contributed by atoms with Gasteiger partial charge in [0.2, 0.25) is 11.1 Å². The smallest absolute Gasteiger partial charge is 0.233 e. The SMILES string of the molecule is CN(C(=O)CSc1nnnn1CC1CCCO1)C1CCCc2ccccc21. The van der Waals surface area contributed by atoms with E-state index in [1.54, 1.807) is 4.68 Å². The van der Waals surface area contributed by atoms with E-state index in [1.165, 1.54) is 22.9 Å². The molecule has 1 aliphatic carbocycles. The van der Waals surface area contributed by atoms with Gasteiger partial charge in [-0.1, -0.05) is 36.0 Å². The number of nitrogens with zero attached hydrogens (tertiary/aromatic N) is 5. The number of carbonyl (C=O) groups excluding carboxylic acids is 1. The maximum atomic E-state index is 12.8. The van der Waals surface area contributed by atoms with Gasteiger partial charge >= 0.3 is 0 Å². The molecule has 4 rings (SSSR count). The van der Waals surface area contributed by atoms with Crippen molar-refractivity contribution in [2.75, 3.05) is 19.4 Å². The fourth-order valence-corrected chi connectivity index (χ4v) is 4.74. The van der Waals surface area contributed by atoms with Crippen LogP contribution in [0.1, 0.15) is 42.9 Å². The van der Waals surface area contributed by atoms with Crippen molar-refractivity contribution in [1.82, 2.24) is 25.1 Å². The van der Waals surface area contributed by atoms with Gasteiger partial charge in [-0.05, 0) is 53.7 Å². The highest BCUT2D eigenvalue weighted by Gasteiger charge is 2.27. The average molecular weight is 388 g/mol. The van der Waals surface area contributed by atoms with Gasteiger partial charge in [0.25, 0.3) is 0 Å². The number of benzene rings is 1. The molecule has 0 saturated carbocycles. The summed E-state index contributed by atoms with van der Waals surface area (Å²) in [5, 5.41) is 12.6. The summed E-state index contributed by atoms with van der Waals surface area (Å²) in [5.41, 5.74) is 2.65. The summed E-state index contributed by atoms with van der Waals surface area (Å²) in [5.74, 6) is 0.439. The molecule has 2 aromatic rings. The van der Waals surface area contributed by atoms with E-state index < -0.39 is 0 Å². The summed E-state index contributed by atoms with van der Waals surface area (Å²) >= 11 is 1.40. The first kappa shape index (κ1) is 18.4. The van der Waals surface area contributed by atoms with Crippen LogP contribution in [0.3, 0.4) is 0 Å². The third-order valence-electron chi connectivity index (χ3n) is 5.42. The van der Waals surface area contributed by atoms with Crippen LogP contribution in [0.5, 0.6) is 0 Å². The second-order valence-electron chi connectivity index (χ2n) is 7.18. The standard InChI is InChI=1S/C19H25N5O2S/c1-23(17-10-4-7-14-6-2-3-9-16(14)17)18(25)13-27-19-20-21-22-24(19)12-15-8-5-11-26-15/h2-3,6,9,15,17H,4-5,7-8,10-13H2,1H3. The molecule has 0 bridgehead atoms. The number of carbonyl (C=O) groups is 1. The zero-order chi connectivity index (χ0) is 18.6. The van der Waals surface area contributed by atoms with Crippen LogP contribution >= 0.6 is 11.8 Å². The van der Waals surface area contributed by atoms with E-state index in [4.69, 9.17) is 4.74 Å². The third-order valence-corrected chi connectivity index (χ3v) is 6.36. The molecule has 2 aliphatic rings. The average Bonchev–Trinajstić information content (AvgIpc) is 3.37. The monoisotopic (exact) mass is 387 g/mol. The maximum Gasteiger partial charge on any atom is 0.233 e. The van der Waals surface area contributed by atoms with Crippen LogP contribution in [0, 0.1) is 0 Å². The number of hydrogen-bond donors (Lipinski definition) is 0. The first-order valence-electron chi connectivity index (χ1n) is 9.56. The number of fused-ring (bicyclic) bond motifs is 1. The van der Waals surface area contributed by atoms with Crippen molar-refractivity contribution in [2.24, 2.45) is 0 Å². The minimum Gasteiger partial charge on any atom is -0.376 e. The van der Waals surface area contributed by atoms with Crippen molar-refractivity contribution in [1.29, 1.82) is 0 Å². The van der Waals surface area contributed by atoms with Crippen molar-refractivity contribution in [3.63, 3.8) is 0 Å². The molecule has 2 atom stereocenters. The van der Waals surface area contributed by atoms with Crippen LogP contribution in [0.4, 0.5) is 0 Å². The molecule has 8 heteroatoms. The van der Waals surface area contributed by atoms with E-state index in [9.17, 15) is 4.79 Å². The minimum absolute atomic E-state index is 0.105. The topological polar surface area (TPSA) is 73.1 Å². The predicted octanol–water partition coefficient (Wildman–Crippen LogP) is 2.48. The zero-order valence-electron chi connectivity index (χ0n) is 15.6. The van der Waals surface area contributed by atoms with Gasteiger partial charge in [-0.25, -0.2) is 4.68 Å². The maximum absolute atomic E-state index is 12.8. The van der Waals surface area contributed by atoms with Gasteiger partial charge in [-0.15, -0.1) is 5.10 Å². The van der Waals surface area contributed by atoms with Gasteiger partial charge < -0.3 is 9.64 Å². The van der Waals surface area contributed by atoms with Gasteiger partial charge in [0.1, 0.15) is 0 Å². The van der Waals surface area contributed by atoms with Crippen molar-refractivity contribution in [2.45, 2.75) is 56.0 Å². The van der Waals surface area contributed by atoms with E-state index >= 15 is 0 Å². The highest BCUT2D eigenvalue weighted by molar-refractivity contribution is 7.99. The Hall–Kier alpha value is -1.93. The molecule has 0 radical (unpaired) electrons. The number of aryl methyl sites for hydroxylation is 1. The summed E-state index contributed by atoms with van der Waals surface area (Å²) in [6.45, 7) is 1.46. The summed E-state index contributed by atoms with van der Waals surface area (Å²) in [6.07, 6.45) is 5.52. The molecule has 1 aromatic heterocycles. The Balaban J connectivity index is 1.37. The lowest BCUT2D eigenvalue weighted by atomic mass is 9.87. The van der Waals surface area contributed by atoms with Crippen LogP contribution in [0.15, 0.2) is 29.4 Å². The Kier molecular flexibility index (Phi) is 5.73. The molecule has 1 fully saturated rings. The first-order chi connectivity index (χ1) is 13.2.